The summed E-state index contributed by atoms with van der Waals surface area (Å²) in [6.07, 6.45) is -3.95. The second kappa shape index (κ2) is 8.85. The van der Waals surface area contributed by atoms with E-state index in [1.165, 1.54) is 23.9 Å². The Hall–Kier alpha value is -1.82. The lowest BCUT2D eigenvalue weighted by atomic mass is 10.1. The number of benzene rings is 2. The van der Waals surface area contributed by atoms with E-state index < -0.39 is 21.0 Å². The van der Waals surface area contributed by atoms with E-state index in [9.17, 15) is 23.6 Å². The molecule has 1 saturated heterocycles. The molecule has 32 heavy (non-hydrogen) atoms. The highest BCUT2D eigenvalue weighted by Gasteiger charge is 2.34. The lowest BCUT2D eigenvalue weighted by molar-refractivity contribution is -0.989. The minimum Gasteiger partial charge on any atom is -0.632 e. The zero-order chi connectivity index (χ0) is 23.0. The first kappa shape index (κ1) is 23.3. The molecule has 2 aromatic carbocycles. The summed E-state index contributed by atoms with van der Waals surface area (Å²) in [6, 6.07) is 11.3. The number of hydroxylamine groups is 6. The SMILES string of the molecule is [O-][N+]1(CCO)CC[N+]([O-])(CCCN2c3ccccc3Sc3ccc(C(F)(F)F)cc32)CC1. The molecular weight excluding hydrogens is 443 g/mol. The van der Waals surface area contributed by atoms with Crippen LogP contribution >= 0.6 is 11.8 Å². The Labute approximate surface area is 189 Å². The summed E-state index contributed by atoms with van der Waals surface area (Å²) in [5.74, 6) is 0. The maximum Gasteiger partial charge on any atom is 0.416 e. The first-order valence-corrected chi connectivity index (χ1v) is 11.4. The summed E-state index contributed by atoms with van der Waals surface area (Å²) >= 11 is 1.44. The van der Waals surface area contributed by atoms with Crippen molar-refractivity contribution in [3.63, 3.8) is 0 Å². The molecular formula is C22H26F3N3O3S. The zero-order valence-corrected chi connectivity index (χ0v) is 18.4. The third-order valence-electron chi connectivity index (χ3n) is 6.24. The third-order valence-corrected chi connectivity index (χ3v) is 7.37. The molecule has 0 atom stereocenters. The number of nitrogens with zero attached hydrogens (tertiary/aromatic N) is 3. The van der Waals surface area contributed by atoms with Gasteiger partial charge in [-0.3, -0.25) is 0 Å². The van der Waals surface area contributed by atoms with Crippen molar-refractivity contribution < 1.29 is 27.6 Å². The van der Waals surface area contributed by atoms with E-state index in [0.717, 1.165) is 21.5 Å². The standard InChI is InChI=1S/C22H26F3N3O3S/c23-22(24,25)17-6-7-21-19(16-17)26(18-4-1-2-5-20(18)32-21)8-3-9-27(30)10-12-28(31,13-11-27)14-15-29/h1-2,4-7,16,29H,3,8-15H2. The first-order chi connectivity index (χ1) is 15.1. The van der Waals surface area contributed by atoms with Crippen LogP contribution in [0.1, 0.15) is 12.0 Å². The number of halogens is 3. The van der Waals surface area contributed by atoms with Crippen molar-refractivity contribution >= 4 is 23.1 Å². The monoisotopic (exact) mass is 469 g/mol. The number of aliphatic hydroxyl groups is 1. The number of rotatable bonds is 6. The molecule has 2 aliphatic heterocycles. The fraction of sp³-hybridized carbons (Fsp3) is 0.455. The number of piperazine rings is 1. The number of anilines is 2. The minimum atomic E-state index is -4.43. The second-order valence-electron chi connectivity index (χ2n) is 8.44. The molecule has 0 spiro atoms. The average molecular weight is 470 g/mol. The van der Waals surface area contributed by atoms with Gasteiger partial charge in [0.25, 0.3) is 0 Å². The van der Waals surface area contributed by atoms with Gasteiger partial charge < -0.3 is 29.7 Å². The Morgan fingerprint density at radius 2 is 1.53 bits per heavy atom. The molecule has 0 aliphatic carbocycles. The van der Waals surface area contributed by atoms with E-state index >= 15 is 0 Å². The van der Waals surface area contributed by atoms with Crippen molar-refractivity contribution in [2.24, 2.45) is 0 Å². The van der Waals surface area contributed by atoms with Crippen LogP contribution in [0.25, 0.3) is 0 Å². The fourth-order valence-electron chi connectivity index (χ4n) is 4.35. The summed E-state index contributed by atoms with van der Waals surface area (Å²) in [5.41, 5.74) is 0.634. The van der Waals surface area contributed by atoms with Gasteiger partial charge in [0, 0.05) is 22.8 Å². The van der Waals surface area contributed by atoms with Crippen molar-refractivity contribution in [3.8, 4) is 0 Å². The number of aliphatic hydroxyl groups excluding tert-OH is 1. The predicted octanol–water partition coefficient (Wildman–Crippen LogP) is 4.33. The van der Waals surface area contributed by atoms with Gasteiger partial charge >= 0.3 is 6.18 Å². The van der Waals surface area contributed by atoms with E-state index in [1.807, 2.05) is 29.2 Å². The van der Waals surface area contributed by atoms with Crippen LogP contribution in [0.5, 0.6) is 0 Å². The van der Waals surface area contributed by atoms with Crippen LogP contribution in [-0.4, -0.2) is 66.8 Å². The van der Waals surface area contributed by atoms with Crippen molar-refractivity contribution in [2.45, 2.75) is 22.4 Å². The lowest BCUT2D eigenvalue weighted by Gasteiger charge is -2.54. The fourth-order valence-corrected chi connectivity index (χ4v) is 5.42. The van der Waals surface area contributed by atoms with Gasteiger partial charge in [0.2, 0.25) is 0 Å². The van der Waals surface area contributed by atoms with Gasteiger partial charge in [-0.15, -0.1) is 0 Å². The highest BCUT2D eigenvalue weighted by atomic mass is 32.2. The first-order valence-electron chi connectivity index (χ1n) is 10.6. The van der Waals surface area contributed by atoms with Gasteiger partial charge in [-0.2, -0.15) is 13.2 Å². The maximum atomic E-state index is 13.3. The number of quaternary nitrogens is 2. The zero-order valence-electron chi connectivity index (χ0n) is 17.6. The summed E-state index contributed by atoms with van der Waals surface area (Å²) in [4.78, 5) is 3.58. The van der Waals surface area contributed by atoms with Crippen LogP contribution in [0.15, 0.2) is 52.3 Å². The minimum absolute atomic E-state index is 0.0978. The van der Waals surface area contributed by atoms with E-state index in [-0.39, 0.29) is 39.3 Å². The van der Waals surface area contributed by atoms with Crippen LogP contribution < -0.4 is 4.90 Å². The molecule has 0 radical (unpaired) electrons. The molecule has 0 aromatic heterocycles. The molecule has 0 bridgehead atoms. The maximum absolute atomic E-state index is 13.3. The Kier molecular flexibility index (Phi) is 6.45. The van der Waals surface area contributed by atoms with Gasteiger partial charge in [0.1, 0.15) is 32.7 Å². The van der Waals surface area contributed by atoms with Crippen LogP contribution in [0.3, 0.4) is 0 Å². The van der Waals surface area contributed by atoms with Crippen LogP contribution in [0.2, 0.25) is 0 Å². The second-order valence-corrected chi connectivity index (χ2v) is 9.52. The van der Waals surface area contributed by atoms with Crippen LogP contribution in [0, 0.1) is 10.4 Å². The third kappa shape index (κ3) is 4.90. The average Bonchev–Trinajstić information content (AvgIpc) is 2.75. The highest BCUT2D eigenvalue weighted by Crippen LogP contribution is 2.49. The molecule has 10 heteroatoms. The Balaban J connectivity index is 1.50. The van der Waals surface area contributed by atoms with Gasteiger partial charge in [0.05, 0.1) is 30.1 Å². The van der Waals surface area contributed by atoms with Gasteiger partial charge in [-0.25, -0.2) is 0 Å². The van der Waals surface area contributed by atoms with Crippen LogP contribution in [-0.2, 0) is 6.18 Å². The van der Waals surface area contributed by atoms with Gasteiger partial charge in [-0.1, -0.05) is 23.9 Å². The van der Waals surface area contributed by atoms with E-state index in [2.05, 4.69) is 0 Å². The van der Waals surface area contributed by atoms with Crippen molar-refractivity contribution in [3.05, 3.63) is 58.4 Å². The molecule has 1 fully saturated rings. The van der Waals surface area contributed by atoms with Crippen LogP contribution in [0.4, 0.5) is 24.5 Å². The summed E-state index contributed by atoms with van der Waals surface area (Å²) in [7, 11) is 0. The van der Waals surface area contributed by atoms with Crippen molar-refractivity contribution in [1.82, 2.24) is 0 Å². The van der Waals surface area contributed by atoms with Crippen molar-refractivity contribution in [1.29, 1.82) is 0 Å². The van der Waals surface area contributed by atoms with Gasteiger partial charge in [-0.05, 0) is 30.3 Å². The quantitative estimate of drug-likeness (QED) is 0.504. The Bertz CT molecular complexity index is 965. The number of hydrogen-bond acceptors (Lipinski definition) is 5. The summed E-state index contributed by atoms with van der Waals surface area (Å²) in [6.45, 7) is 1.31. The molecule has 0 unspecified atom stereocenters. The molecule has 174 valence electrons. The Morgan fingerprint density at radius 3 is 2.19 bits per heavy atom. The summed E-state index contributed by atoms with van der Waals surface area (Å²) in [5, 5.41) is 34.6. The van der Waals surface area contributed by atoms with Gasteiger partial charge in [0.15, 0.2) is 0 Å². The lowest BCUT2D eigenvalue weighted by Crippen LogP contribution is -2.63. The number of fused-ring (bicyclic) bond motifs is 2. The normalized spacial score (nSPS) is 25.4. The molecule has 2 heterocycles. The molecule has 4 rings (SSSR count). The summed E-state index contributed by atoms with van der Waals surface area (Å²) < 4.78 is 39.0. The van der Waals surface area contributed by atoms with E-state index in [4.69, 9.17) is 5.11 Å². The number of para-hydroxylation sites is 1. The number of alkyl halides is 3. The molecule has 0 saturated carbocycles. The predicted molar refractivity (Wildman–Crippen MR) is 117 cm³/mol. The molecule has 2 aliphatic rings. The smallest absolute Gasteiger partial charge is 0.416 e. The topological polar surface area (TPSA) is 69.6 Å². The molecule has 1 N–H and O–H groups in total. The number of hydrogen-bond donors (Lipinski definition) is 1. The molecule has 2 aromatic rings. The Morgan fingerprint density at radius 1 is 0.906 bits per heavy atom. The molecule has 6 nitrogen and oxygen atoms in total. The highest BCUT2D eigenvalue weighted by molar-refractivity contribution is 7.99. The molecule has 0 amide bonds. The van der Waals surface area contributed by atoms with E-state index in [0.29, 0.717) is 25.2 Å². The largest absolute Gasteiger partial charge is 0.632 e. The van der Waals surface area contributed by atoms with Crippen molar-refractivity contribution in [2.75, 3.05) is 57.3 Å². The van der Waals surface area contributed by atoms with E-state index in [1.54, 1.807) is 0 Å².